The molecule has 0 fully saturated rings. The number of hydrogen-bond donors (Lipinski definition) is 0. The lowest BCUT2D eigenvalue weighted by Gasteiger charge is -2.18. The maximum Gasteiger partial charge on any atom is 0.250 e. The van der Waals surface area contributed by atoms with Crippen LogP contribution in [0.4, 0.5) is 0 Å². The van der Waals surface area contributed by atoms with Gasteiger partial charge >= 0.3 is 0 Å². The highest BCUT2D eigenvalue weighted by Gasteiger charge is 2.26. The number of methoxy groups -OCH3 is 4. The summed E-state index contributed by atoms with van der Waals surface area (Å²) in [6, 6.07) is 45.0. The Hall–Kier alpha value is -8.18. The number of hydrogen-bond acceptors (Lipinski definition) is 7. The molecule has 0 saturated carbocycles. The molecule has 0 aliphatic carbocycles. The molecule has 11 nitrogen and oxygen atoms in total. The van der Waals surface area contributed by atoms with Gasteiger partial charge in [-0.15, -0.1) is 10.2 Å². The summed E-state index contributed by atoms with van der Waals surface area (Å²) in [6.45, 7) is 0. The predicted molar refractivity (Wildman–Crippen MR) is 239 cm³/mol. The van der Waals surface area contributed by atoms with Crippen molar-refractivity contribution >= 4 is 43.6 Å². The Morgan fingerprint density at radius 3 is 1.03 bits per heavy atom. The highest BCUT2D eigenvalue weighted by atomic mass is 16.5. The van der Waals surface area contributed by atoms with E-state index in [1.54, 1.807) is 28.4 Å². The van der Waals surface area contributed by atoms with Gasteiger partial charge in [-0.25, -0.2) is 0 Å². The fourth-order valence-electron chi connectivity index (χ4n) is 8.68. The van der Waals surface area contributed by atoms with Gasteiger partial charge in [0.25, 0.3) is 0 Å². The largest absolute Gasteiger partial charge is 0.497 e. The standard InChI is InChI=1S/C50H38N6O5/c1-57-31-15-19-41-37(27-31)38-28-32(58-2)16-20-42(38)55(41)47-35(11-9-13-45(47)53-23-5-6-24-53)49-51-52-50(61-49)36-12-10-14-46(54-25-7-8-26-54)48(36)56-43-21-17-33(59-3)29-39(43)40-30-34(60-4)18-22-44(40)56/h5-30H,1-4H3. The lowest BCUT2D eigenvalue weighted by atomic mass is 10.1. The van der Waals surface area contributed by atoms with Crippen LogP contribution in [-0.2, 0) is 0 Å². The molecule has 61 heavy (non-hydrogen) atoms. The molecular weight excluding hydrogens is 765 g/mol. The molecule has 0 spiro atoms. The second-order valence-electron chi connectivity index (χ2n) is 14.6. The summed E-state index contributed by atoms with van der Waals surface area (Å²) in [4.78, 5) is 0. The minimum Gasteiger partial charge on any atom is -0.497 e. The van der Waals surface area contributed by atoms with Crippen LogP contribution in [0.2, 0.25) is 0 Å². The Kier molecular flexibility index (Phi) is 8.41. The fourth-order valence-corrected chi connectivity index (χ4v) is 8.68. The van der Waals surface area contributed by atoms with Crippen LogP contribution in [0.5, 0.6) is 23.0 Å². The lowest BCUT2D eigenvalue weighted by Crippen LogP contribution is -2.04. The van der Waals surface area contributed by atoms with E-state index in [0.29, 0.717) is 11.8 Å². The third kappa shape index (κ3) is 5.65. The number of ether oxygens (including phenoxy) is 4. The van der Waals surface area contributed by atoms with Crippen LogP contribution in [0, 0.1) is 0 Å². The van der Waals surface area contributed by atoms with Gasteiger partial charge in [-0.2, -0.15) is 0 Å². The molecular formula is C50H38N6O5. The van der Waals surface area contributed by atoms with Crippen molar-refractivity contribution in [1.29, 1.82) is 0 Å². The van der Waals surface area contributed by atoms with Crippen molar-refractivity contribution in [3.8, 4) is 68.7 Å². The SMILES string of the molecule is COc1ccc2c(c1)c1cc(OC)ccc1n2-c1c(-c2nnc(-c3cccc(-n4cccc4)c3-n3c4ccc(OC)cc4c4cc(OC)ccc43)o2)cccc1-n1cccc1. The Morgan fingerprint density at radius 1 is 0.393 bits per heavy atom. The zero-order valence-corrected chi connectivity index (χ0v) is 33.7. The van der Waals surface area contributed by atoms with Gasteiger partial charge in [0.1, 0.15) is 23.0 Å². The van der Waals surface area contributed by atoms with Gasteiger partial charge in [-0.1, -0.05) is 12.1 Å². The predicted octanol–water partition coefficient (Wildman–Crippen LogP) is 11.2. The van der Waals surface area contributed by atoms with Crippen molar-refractivity contribution in [3.63, 3.8) is 0 Å². The number of nitrogens with zero attached hydrogens (tertiary/aromatic N) is 6. The summed E-state index contributed by atoms with van der Waals surface area (Å²) in [5.41, 5.74) is 9.03. The molecule has 11 heteroatoms. The van der Waals surface area contributed by atoms with Crippen molar-refractivity contribution in [2.45, 2.75) is 0 Å². The van der Waals surface area contributed by atoms with Crippen LogP contribution in [0.25, 0.3) is 89.3 Å². The highest BCUT2D eigenvalue weighted by Crippen LogP contribution is 2.44. The third-order valence-electron chi connectivity index (χ3n) is 11.5. The van der Waals surface area contributed by atoms with Crippen molar-refractivity contribution in [3.05, 3.63) is 158 Å². The van der Waals surface area contributed by atoms with Crippen LogP contribution in [0.15, 0.2) is 163 Å². The Morgan fingerprint density at radius 2 is 0.721 bits per heavy atom. The second-order valence-corrected chi connectivity index (χ2v) is 14.6. The molecule has 0 bridgehead atoms. The van der Waals surface area contributed by atoms with Crippen molar-refractivity contribution in [1.82, 2.24) is 28.5 Å². The molecule has 0 N–H and O–H groups in total. The number of para-hydroxylation sites is 2. The molecule has 0 atom stereocenters. The van der Waals surface area contributed by atoms with E-state index in [-0.39, 0.29) is 0 Å². The lowest BCUT2D eigenvalue weighted by molar-refractivity contribution is 0.415. The van der Waals surface area contributed by atoms with Crippen molar-refractivity contribution in [2.24, 2.45) is 0 Å². The van der Waals surface area contributed by atoms with Gasteiger partial charge in [0.2, 0.25) is 11.8 Å². The van der Waals surface area contributed by atoms with Gasteiger partial charge < -0.3 is 41.6 Å². The van der Waals surface area contributed by atoms with E-state index in [9.17, 15) is 0 Å². The zero-order chi connectivity index (χ0) is 41.2. The van der Waals surface area contributed by atoms with Gasteiger partial charge in [-0.3, -0.25) is 0 Å². The van der Waals surface area contributed by atoms with Crippen LogP contribution >= 0.6 is 0 Å². The summed E-state index contributed by atoms with van der Waals surface area (Å²) in [5, 5.41) is 13.7. The maximum absolute atomic E-state index is 6.92. The normalized spacial score (nSPS) is 11.6. The molecule has 0 aliphatic heterocycles. The monoisotopic (exact) mass is 802 g/mol. The first-order valence-corrected chi connectivity index (χ1v) is 19.8. The van der Waals surface area contributed by atoms with Gasteiger partial charge in [0.15, 0.2) is 0 Å². The zero-order valence-electron chi connectivity index (χ0n) is 33.7. The summed E-state index contributed by atoms with van der Waals surface area (Å²) in [7, 11) is 6.73. The minimum absolute atomic E-state index is 0.366. The van der Waals surface area contributed by atoms with Gasteiger partial charge in [0, 0.05) is 46.3 Å². The van der Waals surface area contributed by atoms with E-state index in [1.807, 2.05) is 97.6 Å². The minimum atomic E-state index is 0.366. The van der Waals surface area contributed by atoms with Crippen LogP contribution in [0.3, 0.4) is 0 Å². The molecule has 0 amide bonds. The van der Waals surface area contributed by atoms with E-state index < -0.39 is 0 Å². The van der Waals surface area contributed by atoms with Crippen LogP contribution < -0.4 is 18.9 Å². The first-order chi connectivity index (χ1) is 30.1. The molecule has 298 valence electrons. The topological polar surface area (TPSA) is 95.6 Å². The molecule has 5 heterocycles. The Balaban J connectivity index is 1.17. The van der Waals surface area contributed by atoms with Crippen LogP contribution in [-0.4, -0.2) is 56.9 Å². The molecule has 0 radical (unpaired) electrons. The Bertz CT molecular complexity index is 3080. The third-order valence-corrected chi connectivity index (χ3v) is 11.5. The van der Waals surface area contributed by atoms with Crippen molar-refractivity contribution < 1.29 is 23.4 Å². The van der Waals surface area contributed by atoms with Crippen molar-refractivity contribution in [2.75, 3.05) is 28.4 Å². The number of rotatable bonds is 10. The molecule has 0 saturated heterocycles. The summed E-state index contributed by atoms with van der Waals surface area (Å²) in [5.74, 6) is 3.77. The van der Waals surface area contributed by atoms with E-state index in [4.69, 9.17) is 33.6 Å². The highest BCUT2D eigenvalue weighted by molar-refractivity contribution is 6.12. The average molecular weight is 803 g/mol. The number of benzene rings is 6. The summed E-state index contributed by atoms with van der Waals surface area (Å²) < 4.78 is 38.5. The van der Waals surface area contributed by atoms with E-state index in [2.05, 4.69) is 78.9 Å². The quantitative estimate of drug-likeness (QED) is 0.136. The summed E-state index contributed by atoms with van der Waals surface area (Å²) in [6.07, 6.45) is 8.16. The maximum atomic E-state index is 6.92. The molecule has 11 rings (SSSR count). The first kappa shape index (κ1) is 35.9. The number of aromatic nitrogens is 6. The summed E-state index contributed by atoms with van der Waals surface area (Å²) >= 11 is 0. The molecule has 11 aromatic rings. The van der Waals surface area contributed by atoms with Gasteiger partial charge in [-0.05, 0) is 121 Å². The number of fused-ring (bicyclic) bond motifs is 6. The fraction of sp³-hybridized carbons (Fsp3) is 0.0800. The van der Waals surface area contributed by atoms with E-state index >= 15 is 0 Å². The van der Waals surface area contributed by atoms with Gasteiger partial charge in [0.05, 0.1) is 84.4 Å². The molecule has 0 unspecified atom stereocenters. The Labute approximate surface area is 349 Å². The average Bonchev–Trinajstić information content (AvgIpc) is 4.18. The molecule has 6 aromatic carbocycles. The van der Waals surface area contributed by atoms with E-state index in [0.717, 1.165) is 100 Å². The smallest absolute Gasteiger partial charge is 0.250 e. The molecule has 0 aliphatic rings. The second kappa shape index (κ2) is 14.3. The molecule has 5 aromatic heterocycles. The first-order valence-electron chi connectivity index (χ1n) is 19.8. The van der Waals surface area contributed by atoms with Crippen LogP contribution in [0.1, 0.15) is 0 Å². The van der Waals surface area contributed by atoms with E-state index in [1.165, 1.54) is 0 Å².